The first kappa shape index (κ1) is 13.2. The molecule has 2 atom stereocenters. The van der Waals surface area contributed by atoms with Crippen LogP contribution in [0.15, 0.2) is 24.3 Å². The molecule has 0 radical (unpaired) electrons. The van der Waals surface area contributed by atoms with Crippen LogP contribution in [0.2, 0.25) is 0 Å². The Labute approximate surface area is 116 Å². The Morgan fingerprint density at radius 3 is 2.70 bits per heavy atom. The highest BCUT2D eigenvalue weighted by Crippen LogP contribution is 2.35. The molecule has 0 amide bonds. The molecule has 0 spiro atoms. The van der Waals surface area contributed by atoms with Gasteiger partial charge in [0.25, 0.3) is 11.9 Å². The SMILES string of the molecule is CC12CCCCC1=[NH+]C(c1ccc([N+](=O)[O-])cc1)N2O. The van der Waals surface area contributed by atoms with Crippen LogP contribution in [0.25, 0.3) is 0 Å². The van der Waals surface area contributed by atoms with Gasteiger partial charge in [0.05, 0.1) is 4.92 Å². The van der Waals surface area contributed by atoms with Gasteiger partial charge in [-0.1, -0.05) is 6.42 Å². The first-order valence-electron chi connectivity index (χ1n) is 6.88. The summed E-state index contributed by atoms with van der Waals surface area (Å²) in [5, 5.41) is 22.5. The van der Waals surface area contributed by atoms with E-state index < -0.39 is 4.92 Å². The predicted octanol–water partition coefficient (Wildman–Crippen LogP) is 1.15. The number of hydrogen-bond acceptors (Lipinski definition) is 4. The van der Waals surface area contributed by atoms with Crippen molar-refractivity contribution in [1.82, 2.24) is 5.06 Å². The summed E-state index contributed by atoms with van der Waals surface area (Å²) in [4.78, 5) is 13.6. The third-order valence-corrected chi connectivity index (χ3v) is 4.47. The minimum atomic E-state index is -0.418. The summed E-state index contributed by atoms with van der Waals surface area (Å²) < 4.78 is 0. The van der Waals surface area contributed by atoms with E-state index in [-0.39, 0.29) is 17.4 Å². The summed E-state index contributed by atoms with van der Waals surface area (Å²) in [5.41, 5.74) is 1.73. The third-order valence-electron chi connectivity index (χ3n) is 4.47. The molecule has 1 fully saturated rings. The second-order valence-electron chi connectivity index (χ2n) is 5.70. The second-order valence-corrected chi connectivity index (χ2v) is 5.70. The molecule has 1 saturated carbocycles. The van der Waals surface area contributed by atoms with Gasteiger partial charge >= 0.3 is 0 Å². The lowest BCUT2D eigenvalue weighted by Crippen LogP contribution is -2.73. The zero-order chi connectivity index (χ0) is 14.3. The van der Waals surface area contributed by atoms with E-state index in [1.807, 2.05) is 6.92 Å². The summed E-state index contributed by atoms with van der Waals surface area (Å²) in [7, 11) is 0. The number of nitro benzene ring substituents is 1. The molecule has 3 rings (SSSR count). The van der Waals surface area contributed by atoms with E-state index in [1.165, 1.54) is 17.2 Å². The van der Waals surface area contributed by atoms with Gasteiger partial charge in [-0.15, -0.1) is 5.06 Å². The molecule has 106 valence electrons. The molecule has 0 aromatic heterocycles. The quantitative estimate of drug-likeness (QED) is 0.627. The number of nitro groups is 1. The summed E-state index contributed by atoms with van der Waals surface area (Å²) in [6.07, 6.45) is 3.81. The lowest BCUT2D eigenvalue weighted by atomic mass is 9.82. The van der Waals surface area contributed by atoms with Gasteiger partial charge in [0.15, 0.2) is 5.71 Å². The number of hydrogen-bond donors (Lipinski definition) is 2. The van der Waals surface area contributed by atoms with E-state index >= 15 is 0 Å². The smallest absolute Gasteiger partial charge is 0.269 e. The average Bonchev–Trinajstić information content (AvgIpc) is 2.72. The summed E-state index contributed by atoms with van der Waals surface area (Å²) in [5.74, 6) is 0. The fraction of sp³-hybridized carbons (Fsp3) is 0.500. The Kier molecular flexibility index (Phi) is 3.07. The second kappa shape index (κ2) is 4.64. The van der Waals surface area contributed by atoms with Crippen LogP contribution in [0, 0.1) is 10.1 Å². The van der Waals surface area contributed by atoms with Crippen molar-refractivity contribution in [3.63, 3.8) is 0 Å². The summed E-state index contributed by atoms with van der Waals surface area (Å²) >= 11 is 0. The molecule has 2 aliphatic rings. The van der Waals surface area contributed by atoms with E-state index in [1.54, 1.807) is 12.1 Å². The van der Waals surface area contributed by atoms with Crippen molar-refractivity contribution in [2.24, 2.45) is 0 Å². The average molecular weight is 276 g/mol. The van der Waals surface area contributed by atoms with Gasteiger partial charge in [-0.05, 0) is 31.9 Å². The number of benzene rings is 1. The molecule has 2 unspecified atom stereocenters. The predicted molar refractivity (Wildman–Crippen MR) is 72.3 cm³/mol. The van der Waals surface area contributed by atoms with Crippen molar-refractivity contribution in [3.05, 3.63) is 39.9 Å². The van der Waals surface area contributed by atoms with Crippen LogP contribution in [0.1, 0.15) is 44.3 Å². The van der Waals surface area contributed by atoms with Gasteiger partial charge in [-0.3, -0.25) is 10.1 Å². The topological polar surface area (TPSA) is 80.6 Å². The van der Waals surface area contributed by atoms with Gasteiger partial charge < -0.3 is 5.21 Å². The Morgan fingerprint density at radius 1 is 1.40 bits per heavy atom. The van der Waals surface area contributed by atoms with Crippen molar-refractivity contribution in [3.8, 4) is 0 Å². The normalized spacial score (nSPS) is 29.9. The van der Waals surface area contributed by atoms with Crippen molar-refractivity contribution < 1.29 is 15.1 Å². The van der Waals surface area contributed by atoms with Gasteiger partial charge in [0.1, 0.15) is 5.54 Å². The largest absolute Gasteiger partial charge is 0.307 e. The van der Waals surface area contributed by atoms with Crippen LogP contribution >= 0.6 is 0 Å². The Balaban J connectivity index is 1.91. The molecule has 1 aromatic rings. The summed E-state index contributed by atoms with van der Waals surface area (Å²) in [6, 6.07) is 6.33. The van der Waals surface area contributed by atoms with Crippen LogP contribution in [0.5, 0.6) is 0 Å². The van der Waals surface area contributed by atoms with Gasteiger partial charge in [-0.2, -0.15) is 0 Å². The maximum atomic E-state index is 10.7. The molecule has 1 heterocycles. The van der Waals surface area contributed by atoms with Crippen molar-refractivity contribution in [1.29, 1.82) is 0 Å². The van der Waals surface area contributed by atoms with Crippen molar-refractivity contribution in [2.45, 2.75) is 44.3 Å². The highest BCUT2D eigenvalue weighted by molar-refractivity contribution is 5.89. The molecule has 1 aromatic carbocycles. The van der Waals surface area contributed by atoms with Gasteiger partial charge in [-0.25, -0.2) is 4.99 Å². The molecule has 20 heavy (non-hydrogen) atoms. The van der Waals surface area contributed by atoms with Crippen LogP contribution in [-0.4, -0.2) is 26.4 Å². The molecule has 6 heteroatoms. The van der Waals surface area contributed by atoms with E-state index in [9.17, 15) is 15.3 Å². The van der Waals surface area contributed by atoms with Crippen LogP contribution in [0.3, 0.4) is 0 Å². The minimum absolute atomic E-state index is 0.0625. The molecule has 0 bridgehead atoms. The van der Waals surface area contributed by atoms with E-state index in [4.69, 9.17) is 0 Å². The summed E-state index contributed by atoms with van der Waals surface area (Å²) in [6.45, 7) is 2.04. The van der Waals surface area contributed by atoms with Crippen LogP contribution < -0.4 is 4.99 Å². The van der Waals surface area contributed by atoms with Gasteiger partial charge in [0, 0.05) is 24.1 Å². The molecule has 1 aliphatic heterocycles. The molecular formula is C14H18N3O3+. The van der Waals surface area contributed by atoms with Crippen molar-refractivity contribution >= 4 is 11.4 Å². The zero-order valence-electron chi connectivity index (χ0n) is 11.4. The number of nitrogens with one attached hydrogen (secondary N) is 1. The fourth-order valence-corrected chi connectivity index (χ4v) is 3.19. The highest BCUT2D eigenvalue weighted by atomic mass is 16.6. The molecule has 1 aliphatic carbocycles. The lowest BCUT2D eigenvalue weighted by molar-refractivity contribution is -0.549. The fourth-order valence-electron chi connectivity index (χ4n) is 3.19. The molecular weight excluding hydrogens is 258 g/mol. The number of nitrogens with zero attached hydrogens (tertiary/aromatic N) is 2. The minimum Gasteiger partial charge on any atom is -0.307 e. The number of non-ortho nitro benzene ring substituents is 1. The molecule has 0 saturated heterocycles. The van der Waals surface area contributed by atoms with Gasteiger partial charge in [0.2, 0.25) is 0 Å². The Bertz CT molecular complexity index is 570. The molecule has 6 nitrogen and oxygen atoms in total. The Morgan fingerprint density at radius 2 is 2.10 bits per heavy atom. The zero-order valence-corrected chi connectivity index (χ0v) is 11.4. The monoisotopic (exact) mass is 276 g/mol. The maximum Gasteiger partial charge on any atom is 0.269 e. The maximum absolute atomic E-state index is 10.7. The third kappa shape index (κ3) is 1.92. The van der Waals surface area contributed by atoms with Crippen molar-refractivity contribution in [2.75, 3.05) is 0 Å². The first-order valence-corrected chi connectivity index (χ1v) is 6.88. The van der Waals surface area contributed by atoms with E-state index in [0.717, 1.165) is 37.0 Å². The Hall–Kier alpha value is -1.79. The van der Waals surface area contributed by atoms with E-state index in [0.29, 0.717) is 0 Å². The number of hydroxylamine groups is 2. The highest BCUT2D eigenvalue weighted by Gasteiger charge is 2.52. The lowest BCUT2D eigenvalue weighted by Gasteiger charge is -2.32. The first-order chi connectivity index (χ1) is 9.52. The van der Waals surface area contributed by atoms with Crippen LogP contribution in [0.4, 0.5) is 5.69 Å². The number of rotatable bonds is 2. The van der Waals surface area contributed by atoms with Crippen LogP contribution in [-0.2, 0) is 0 Å². The van der Waals surface area contributed by atoms with E-state index in [2.05, 4.69) is 4.99 Å². The molecule has 2 N–H and O–H groups in total. The number of fused-ring (bicyclic) bond motifs is 1. The standard InChI is InChI=1S/C14H17N3O3/c1-14-9-3-2-4-12(14)15-13(16(14)18)10-5-7-11(8-6-10)17(19)20/h5-8,13,18H,2-4,9H2,1H3/p+1.